The third-order valence-corrected chi connectivity index (χ3v) is 20.7. The molecule has 522 valence electrons. The summed E-state index contributed by atoms with van der Waals surface area (Å²) in [6, 6.07) is 27.1. The quantitative estimate of drug-likeness (QED) is 0.0266. The van der Waals surface area contributed by atoms with E-state index in [4.69, 9.17) is 44.2 Å². The highest BCUT2D eigenvalue weighted by Crippen LogP contribution is 2.72. The lowest BCUT2D eigenvalue weighted by Crippen LogP contribution is -2.64. The van der Waals surface area contributed by atoms with Gasteiger partial charge in [-0.3, -0.25) is 14.8 Å². The molecular formula is C70H81N7O20S. The number of thiazole rings is 1. The minimum Gasteiger partial charge on any atom is -0.479 e. The van der Waals surface area contributed by atoms with E-state index in [1.165, 1.54) is 16.2 Å². The van der Waals surface area contributed by atoms with Gasteiger partial charge in [-0.2, -0.15) is 5.10 Å². The Bertz CT molecular complexity index is 4100. The zero-order valence-corrected chi connectivity index (χ0v) is 55.1. The Kier molecular flexibility index (Phi) is 20.1. The fourth-order valence-corrected chi connectivity index (χ4v) is 17.2. The van der Waals surface area contributed by atoms with Crippen LogP contribution in [0.5, 0.6) is 5.75 Å². The highest BCUT2D eigenvalue weighted by atomic mass is 32.1. The van der Waals surface area contributed by atoms with E-state index in [0.29, 0.717) is 77.2 Å². The molecule has 3 aromatic heterocycles. The number of para-hydroxylation sites is 1. The van der Waals surface area contributed by atoms with Crippen LogP contribution in [0.25, 0.3) is 43.4 Å². The van der Waals surface area contributed by atoms with E-state index in [0.717, 1.165) is 59.0 Å². The second-order valence-electron chi connectivity index (χ2n) is 27.6. The number of ether oxygens (including phenoxy) is 6. The van der Waals surface area contributed by atoms with Crippen LogP contribution in [0.15, 0.2) is 97.2 Å². The highest BCUT2D eigenvalue weighted by molar-refractivity contribution is 7.22. The average molecular weight is 1370 g/mol. The number of carbonyl (C=O) groups is 5. The van der Waals surface area contributed by atoms with E-state index < -0.39 is 97.6 Å². The van der Waals surface area contributed by atoms with E-state index in [9.17, 15) is 69.9 Å². The zero-order chi connectivity index (χ0) is 69.6. The van der Waals surface area contributed by atoms with Crippen LogP contribution in [0, 0.1) is 23.2 Å². The number of anilines is 1. The molecule has 4 bridgehead atoms. The number of hydrogen-bond acceptors (Lipinski definition) is 22. The number of nitrogens with zero attached hydrogens (tertiary/aromatic N) is 5. The first-order valence-electron chi connectivity index (χ1n) is 32.7. The van der Waals surface area contributed by atoms with Crippen molar-refractivity contribution in [2.24, 2.45) is 22.0 Å². The number of hydrogen-bond donors (Lipinski definition) is 11. The number of carboxylic acid groups (broad SMARTS) is 3. The maximum atomic E-state index is 14.5. The summed E-state index contributed by atoms with van der Waals surface area (Å²) in [7, 11) is 0. The molecule has 6 aliphatic rings. The fourth-order valence-electron chi connectivity index (χ4n) is 16.3. The highest BCUT2D eigenvalue weighted by Gasteiger charge is 2.66. The van der Waals surface area contributed by atoms with Gasteiger partial charge in [-0.25, -0.2) is 29.1 Å². The van der Waals surface area contributed by atoms with E-state index in [-0.39, 0.29) is 71.9 Å². The average Bonchev–Trinajstić information content (AvgIpc) is 0.814. The van der Waals surface area contributed by atoms with E-state index in [1.807, 2.05) is 60.1 Å². The molecule has 2 aliphatic heterocycles. The summed E-state index contributed by atoms with van der Waals surface area (Å²) in [6.07, 6.45) is -11.1. The number of aromatic carboxylic acids is 1. The number of carboxylic acids is 3. The Morgan fingerprint density at radius 3 is 2.14 bits per heavy atom. The normalized spacial score (nSPS) is 28.8. The maximum absolute atomic E-state index is 14.5. The third kappa shape index (κ3) is 14.5. The Labute approximate surface area is 566 Å². The molecule has 27 nitrogen and oxygen atoms in total. The number of aromatic nitrogens is 4. The second-order valence-corrected chi connectivity index (χ2v) is 28.7. The number of aliphatic carboxylic acids is 2. The van der Waals surface area contributed by atoms with Crippen LogP contribution in [0.2, 0.25) is 0 Å². The largest absolute Gasteiger partial charge is 0.479 e. The molecule has 4 aliphatic carbocycles. The van der Waals surface area contributed by atoms with Crippen molar-refractivity contribution in [3.63, 3.8) is 0 Å². The number of unbranched alkanes of at least 4 members (excludes halogenated alkanes) is 1. The molecule has 2 unspecified atom stereocenters. The number of pyridine rings is 1. The first-order valence-corrected chi connectivity index (χ1v) is 33.6. The van der Waals surface area contributed by atoms with E-state index >= 15 is 0 Å². The number of benzene rings is 4. The summed E-state index contributed by atoms with van der Waals surface area (Å²) in [5.41, 5.74) is 9.27. The molecule has 13 rings (SSSR count). The van der Waals surface area contributed by atoms with Crippen molar-refractivity contribution in [3.8, 4) is 28.1 Å². The van der Waals surface area contributed by atoms with Crippen LogP contribution in [0.3, 0.4) is 0 Å². The lowest BCUT2D eigenvalue weighted by Gasteiger charge is -2.69. The van der Waals surface area contributed by atoms with Crippen molar-refractivity contribution < 1.29 is 98.4 Å². The van der Waals surface area contributed by atoms with Gasteiger partial charge in [-0.05, 0) is 153 Å². The minimum absolute atomic E-state index is 0.0108. The molecule has 12 atom stereocenters. The van der Waals surface area contributed by atoms with Gasteiger partial charge in [0, 0.05) is 53.1 Å². The smallest absolute Gasteiger partial charge is 0.410 e. The van der Waals surface area contributed by atoms with Crippen LogP contribution in [0.4, 0.5) is 9.93 Å². The van der Waals surface area contributed by atoms with Crippen LogP contribution >= 0.6 is 11.3 Å². The number of amides is 2. The van der Waals surface area contributed by atoms with Gasteiger partial charge in [0.25, 0.3) is 5.91 Å². The van der Waals surface area contributed by atoms with Gasteiger partial charge in [0.15, 0.2) is 29.3 Å². The summed E-state index contributed by atoms with van der Waals surface area (Å²) in [6.45, 7) is 6.77. The molecule has 98 heavy (non-hydrogen) atoms. The van der Waals surface area contributed by atoms with Crippen molar-refractivity contribution in [1.29, 1.82) is 0 Å². The van der Waals surface area contributed by atoms with Crippen molar-refractivity contribution in [2.75, 3.05) is 38.2 Å². The topological polar surface area (TPSA) is 408 Å². The molecular weight excluding hydrogens is 1290 g/mol. The Balaban J connectivity index is 0.757. The molecule has 7 aromatic rings. The second kappa shape index (κ2) is 28.3. The number of rotatable bonds is 26. The van der Waals surface area contributed by atoms with Crippen molar-refractivity contribution in [1.82, 2.24) is 24.6 Å². The number of carbonyl (C=O) groups excluding carboxylic acids is 2. The van der Waals surface area contributed by atoms with Gasteiger partial charge in [-0.1, -0.05) is 73.7 Å². The molecule has 2 saturated heterocycles. The number of nitrogens with two attached hydrogens (primary N) is 1. The minimum atomic E-state index is -1.97. The van der Waals surface area contributed by atoms with Crippen molar-refractivity contribution in [2.45, 2.75) is 165 Å². The van der Waals surface area contributed by atoms with Crippen LogP contribution in [-0.2, 0) is 52.8 Å². The number of nitrogens with one attached hydrogen (secondary N) is 1. The molecule has 4 aromatic carbocycles. The lowest BCUT2D eigenvalue weighted by molar-refractivity contribution is -0.294. The summed E-state index contributed by atoms with van der Waals surface area (Å²) in [5.74, 6) is -4.74. The SMILES string of the molecule is Cc1c(-c2ccc(-c3ccc4cccc(C(=O)Nc5nc6ccccc6s5)c4c3)nc2C(=O)O)cnn1CC12CC3(C)CC(C)(C1)CC(OCCN(CCCO[C@H]1O[C@@H](C(=O)O)[C@H](O)[C@@H](O)[C@@H]1O)C(=O)OCc1ccc(CCCCN)cc1O[C@H]1O[C@@H](C(=O)O)[C@H](O)[C@@H](O)[C@@H]1O)(C3)C2. The van der Waals surface area contributed by atoms with E-state index in [1.54, 1.807) is 48.7 Å². The van der Waals surface area contributed by atoms with Gasteiger partial charge in [0.1, 0.15) is 49.0 Å². The zero-order valence-electron chi connectivity index (χ0n) is 54.3. The van der Waals surface area contributed by atoms with Gasteiger partial charge in [0.05, 0.1) is 40.9 Å². The lowest BCUT2D eigenvalue weighted by atomic mass is 9.39. The molecule has 4 saturated carbocycles. The predicted molar refractivity (Wildman–Crippen MR) is 353 cm³/mol. The Hall–Kier alpha value is -8.10. The molecule has 12 N–H and O–H groups in total. The molecule has 28 heteroatoms. The van der Waals surface area contributed by atoms with Crippen LogP contribution in [-0.4, -0.2) is 200 Å². The van der Waals surface area contributed by atoms with Gasteiger partial charge in [0.2, 0.25) is 6.29 Å². The van der Waals surface area contributed by atoms with Crippen LogP contribution in [0.1, 0.15) is 109 Å². The number of aliphatic hydroxyl groups excluding tert-OH is 6. The first-order chi connectivity index (χ1) is 46.8. The molecule has 2 amide bonds. The van der Waals surface area contributed by atoms with Gasteiger partial charge >= 0.3 is 24.0 Å². The molecule has 5 heterocycles. The van der Waals surface area contributed by atoms with Crippen molar-refractivity contribution in [3.05, 3.63) is 125 Å². The summed E-state index contributed by atoms with van der Waals surface area (Å²) in [4.78, 5) is 76.1. The Morgan fingerprint density at radius 2 is 1.44 bits per heavy atom. The predicted octanol–water partition coefficient (Wildman–Crippen LogP) is 6.26. The third-order valence-electron chi connectivity index (χ3n) is 19.7. The maximum Gasteiger partial charge on any atom is 0.410 e. The first kappa shape index (κ1) is 69.8. The van der Waals surface area contributed by atoms with E-state index in [2.05, 4.69) is 24.1 Å². The summed E-state index contributed by atoms with van der Waals surface area (Å²) < 4.78 is 38.5. The van der Waals surface area contributed by atoms with Crippen molar-refractivity contribution >= 4 is 67.4 Å². The number of fused-ring (bicyclic) bond motifs is 2. The monoisotopic (exact) mass is 1370 g/mol. The number of aryl methyl sites for hydroxylation is 1. The fraction of sp³-hybridized carbons (Fsp3) is 0.486. The van der Waals surface area contributed by atoms with Gasteiger partial charge < -0.3 is 85.0 Å². The molecule has 0 spiro atoms. The summed E-state index contributed by atoms with van der Waals surface area (Å²) in [5, 5.41) is 103. The molecule has 0 radical (unpaired) electrons. The van der Waals surface area contributed by atoms with Gasteiger partial charge in [-0.15, -0.1) is 0 Å². The Morgan fingerprint density at radius 1 is 0.724 bits per heavy atom. The standard InChI is InChI=1S/C70H81N7O20S/c1-37-45(42-19-20-46(73-50(42)60(85)86)40-18-17-39-11-8-12-43(44(39)27-40)59(84)75-65-74-47-13-4-5-14-49(47)98-65)28-72-77(37)36-69-31-67(2)30-68(3,32-69)34-70(33-67,35-69)94-25-23-76(22-9-24-92-63-55(82)51(78)53(80)57(96-63)61(87)88)66(91)93-29-41-16-15-38(10-6-7-21-71)26-48(41)95-64-56(83)52(79)54(81)58(97-64)62(89)90/h4-5,8,11-20,26-28,51-58,63-64,78-83H,6-7,9-10,21-25,29-36,71H2,1-3H3,(H,85,86)(H,87,88)(H,89,90)(H,74,75,84)/t51-,52-,53-,54-,55+,56+,57-,58-,63+,64+,67?,68?,69?,70?/m1/s1. The molecule has 6 fully saturated rings. The van der Waals surface area contributed by atoms with Crippen LogP contribution < -0.4 is 15.8 Å². The number of aliphatic hydroxyl groups is 6. The summed E-state index contributed by atoms with van der Waals surface area (Å²) >= 11 is 1.37.